The van der Waals surface area contributed by atoms with Gasteiger partial charge in [-0.2, -0.15) is 0 Å². The smallest absolute Gasteiger partial charge is 0.233 e. The maximum atomic E-state index is 12.8. The van der Waals surface area contributed by atoms with Gasteiger partial charge in [0.25, 0.3) is 0 Å². The summed E-state index contributed by atoms with van der Waals surface area (Å²) in [4.78, 5) is 14.6. The molecular formula is C19H26N4O3S3. The van der Waals surface area contributed by atoms with Crippen LogP contribution in [0.5, 0.6) is 0 Å². The van der Waals surface area contributed by atoms with Crippen LogP contribution < -0.4 is 5.32 Å². The number of benzene rings is 1. The van der Waals surface area contributed by atoms with E-state index in [2.05, 4.69) is 15.5 Å². The summed E-state index contributed by atoms with van der Waals surface area (Å²) in [6.07, 6.45) is 0.523. The Balaban J connectivity index is 1.59. The third-order valence-corrected chi connectivity index (χ3v) is 8.23. The van der Waals surface area contributed by atoms with E-state index in [9.17, 15) is 13.2 Å². The molecule has 2 heterocycles. The molecule has 10 heteroatoms. The normalized spacial score (nSPS) is 18.1. The summed E-state index contributed by atoms with van der Waals surface area (Å²) >= 11 is 2.74. The number of hydrogen-bond acceptors (Lipinski definition) is 8. The van der Waals surface area contributed by atoms with Crippen LogP contribution in [0.15, 0.2) is 28.6 Å². The molecule has 0 spiro atoms. The number of amides is 1. The Bertz CT molecular complexity index is 959. The minimum absolute atomic E-state index is 0.0470. The predicted molar refractivity (Wildman–Crippen MR) is 119 cm³/mol. The molecule has 7 nitrogen and oxygen atoms in total. The Morgan fingerprint density at radius 2 is 2.17 bits per heavy atom. The number of hydrogen-bond donors (Lipinski definition) is 1. The van der Waals surface area contributed by atoms with Gasteiger partial charge < -0.3 is 10.2 Å². The third-order valence-electron chi connectivity index (χ3n) is 4.53. The Hall–Kier alpha value is -1.65. The molecule has 2 aromatic rings. The number of rotatable bonds is 8. The molecule has 1 aromatic heterocycles. The van der Waals surface area contributed by atoms with E-state index in [1.165, 1.54) is 23.1 Å². The Kier molecular flexibility index (Phi) is 7.18. The number of aryl methyl sites for hydroxylation is 1. The van der Waals surface area contributed by atoms with Gasteiger partial charge >= 0.3 is 0 Å². The minimum Gasteiger partial charge on any atom is -0.338 e. The molecular weight excluding hydrogens is 428 g/mol. The molecule has 1 saturated heterocycles. The van der Waals surface area contributed by atoms with Crippen molar-refractivity contribution in [3.8, 4) is 0 Å². The molecule has 0 saturated carbocycles. The molecule has 1 aliphatic heterocycles. The first kappa shape index (κ1) is 22.0. The van der Waals surface area contributed by atoms with Crippen LogP contribution in [0.1, 0.15) is 25.8 Å². The highest BCUT2D eigenvalue weighted by molar-refractivity contribution is 8.01. The van der Waals surface area contributed by atoms with Gasteiger partial charge in [0.15, 0.2) is 14.2 Å². The molecule has 158 valence electrons. The van der Waals surface area contributed by atoms with E-state index >= 15 is 0 Å². The zero-order valence-electron chi connectivity index (χ0n) is 16.8. The molecule has 29 heavy (non-hydrogen) atoms. The predicted octanol–water partition coefficient (Wildman–Crippen LogP) is 3.35. The van der Waals surface area contributed by atoms with Crippen LogP contribution in [0.2, 0.25) is 0 Å². The van der Waals surface area contributed by atoms with E-state index in [4.69, 9.17) is 0 Å². The van der Waals surface area contributed by atoms with Crippen molar-refractivity contribution < 1.29 is 13.2 Å². The molecule has 1 unspecified atom stereocenters. The average molecular weight is 455 g/mol. The van der Waals surface area contributed by atoms with Crippen molar-refractivity contribution in [3.05, 3.63) is 29.8 Å². The van der Waals surface area contributed by atoms with Crippen LogP contribution in [0.3, 0.4) is 0 Å². The second-order valence-corrected chi connectivity index (χ2v) is 12.1. The SMILES string of the molecule is Cc1cccc(Nc2nnc(SCC(=O)N(CC(C)C)C3CCS(=O)(=O)C3)s2)c1. The average Bonchev–Trinajstić information content (AvgIpc) is 3.23. The van der Waals surface area contributed by atoms with Crippen molar-refractivity contribution >= 4 is 49.7 Å². The van der Waals surface area contributed by atoms with Gasteiger partial charge in [0.1, 0.15) is 0 Å². The standard InChI is InChI=1S/C19H26N4O3S3/c1-13(2)10-23(16-7-8-29(25,26)12-16)17(24)11-27-19-22-21-18(28-19)20-15-6-4-5-14(3)9-15/h4-6,9,13,16H,7-8,10-12H2,1-3H3,(H,20,21). The quantitative estimate of drug-likeness (QED) is 0.612. The highest BCUT2D eigenvalue weighted by Crippen LogP contribution is 2.29. The molecule has 1 amide bonds. The fourth-order valence-corrected chi connectivity index (χ4v) is 6.63. The summed E-state index contributed by atoms with van der Waals surface area (Å²) in [6, 6.07) is 7.76. The lowest BCUT2D eigenvalue weighted by Crippen LogP contribution is -2.44. The first-order chi connectivity index (χ1) is 13.7. The van der Waals surface area contributed by atoms with Crippen molar-refractivity contribution in [1.82, 2.24) is 15.1 Å². The number of nitrogens with zero attached hydrogens (tertiary/aromatic N) is 3. The van der Waals surface area contributed by atoms with Crippen molar-refractivity contribution in [2.75, 3.05) is 29.1 Å². The summed E-state index contributed by atoms with van der Waals surface area (Å²) in [5.74, 6) is 0.687. The van der Waals surface area contributed by atoms with Gasteiger partial charge in [-0.3, -0.25) is 4.79 Å². The molecule has 0 bridgehead atoms. The number of anilines is 2. The first-order valence-electron chi connectivity index (χ1n) is 9.52. The first-order valence-corrected chi connectivity index (χ1v) is 13.1. The molecule has 1 aliphatic rings. The van der Waals surface area contributed by atoms with Crippen LogP contribution in [0, 0.1) is 12.8 Å². The van der Waals surface area contributed by atoms with Gasteiger partial charge in [-0.25, -0.2) is 8.42 Å². The van der Waals surface area contributed by atoms with Crippen LogP contribution in [0.4, 0.5) is 10.8 Å². The second kappa shape index (κ2) is 9.44. The topological polar surface area (TPSA) is 92.3 Å². The van der Waals surface area contributed by atoms with Gasteiger partial charge in [-0.15, -0.1) is 10.2 Å². The van der Waals surface area contributed by atoms with Crippen LogP contribution in [0.25, 0.3) is 0 Å². The second-order valence-electron chi connectivity index (χ2n) is 7.65. The Labute approximate surface area is 180 Å². The zero-order chi connectivity index (χ0) is 21.0. The fourth-order valence-electron chi connectivity index (χ4n) is 3.24. The van der Waals surface area contributed by atoms with E-state index in [0.717, 1.165) is 11.3 Å². The molecule has 1 atom stereocenters. The number of carbonyl (C=O) groups excluding carboxylic acids is 1. The van der Waals surface area contributed by atoms with Crippen molar-refractivity contribution in [3.63, 3.8) is 0 Å². The van der Waals surface area contributed by atoms with E-state index < -0.39 is 9.84 Å². The third kappa shape index (κ3) is 6.42. The van der Waals surface area contributed by atoms with Gasteiger partial charge in [0, 0.05) is 18.3 Å². The number of aromatic nitrogens is 2. The van der Waals surface area contributed by atoms with Crippen molar-refractivity contribution in [2.45, 2.75) is 37.6 Å². The lowest BCUT2D eigenvalue weighted by molar-refractivity contribution is -0.130. The van der Waals surface area contributed by atoms with Crippen LogP contribution in [-0.2, 0) is 14.6 Å². The molecule has 0 aliphatic carbocycles. The van der Waals surface area contributed by atoms with Gasteiger partial charge in [0.05, 0.1) is 17.3 Å². The highest BCUT2D eigenvalue weighted by atomic mass is 32.2. The van der Waals surface area contributed by atoms with E-state index in [-0.39, 0.29) is 35.1 Å². The maximum absolute atomic E-state index is 12.8. The van der Waals surface area contributed by atoms with Gasteiger partial charge in [0.2, 0.25) is 11.0 Å². The Morgan fingerprint density at radius 3 is 2.83 bits per heavy atom. The number of nitrogens with one attached hydrogen (secondary N) is 1. The minimum atomic E-state index is -3.04. The van der Waals surface area contributed by atoms with Crippen molar-refractivity contribution in [2.24, 2.45) is 5.92 Å². The number of sulfone groups is 1. The lowest BCUT2D eigenvalue weighted by Gasteiger charge is -2.29. The highest BCUT2D eigenvalue weighted by Gasteiger charge is 2.34. The molecule has 0 radical (unpaired) electrons. The summed E-state index contributed by atoms with van der Waals surface area (Å²) in [7, 11) is -3.04. The number of carbonyl (C=O) groups is 1. The largest absolute Gasteiger partial charge is 0.338 e. The summed E-state index contributed by atoms with van der Waals surface area (Å²) in [6.45, 7) is 6.66. The van der Waals surface area contributed by atoms with Gasteiger partial charge in [-0.1, -0.05) is 49.1 Å². The van der Waals surface area contributed by atoms with E-state index in [1.54, 1.807) is 4.90 Å². The molecule has 1 aromatic carbocycles. The fraction of sp³-hybridized carbons (Fsp3) is 0.526. The molecule has 3 rings (SSSR count). The van der Waals surface area contributed by atoms with E-state index in [1.807, 2.05) is 45.0 Å². The molecule has 1 N–H and O–H groups in total. The monoisotopic (exact) mass is 454 g/mol. The summed E-state index contributed by atoms with van der Waals surface area (Å²) in [5.41, 5.74) is 2.10. The Morgan fingerprint density at radius 1 is 1.38 bits per heavy atom. The molecule has 1 fully saturated rings. The van der Waals surface area contributed by atoms with Crippen LogP contribution >= 0.6 is 23.1 Å². The zero-order valence-corrected chi connectivity index (χ0v) is 19.2. The number of thioether (sulfide) groups is 1. The lowest BCUT2D eigenvalue weighted by atomic mass is 10.1. The van der Waals surface area contributed by atoms with Crippen molar-refractivity contribution in [1.29, 1.82) is 0 Å². The van der Waals surface area contributed by atoms with Gasteiger partial charge in [-0.05, 0) is 37.0 Å². The van der Waals surface area contributed by atoms with Crippen LogP contribution in [-0.4, -0.2) is 59.3 Å². The maximum Gasteiger partial charge on any atom is 0.233 e. The summed E-state index contributed by atoms with van der Waals surface area (Å²) in [5, 5.41) is 12.2. The van der Waals surface area contributed by atoms with E-state index in [0.29, 0.717) is 22.4 Å². The summed E-state index contributed by atoms with van der Waals surface area (Å²) < 4.78 is 24.4.